The van der Waals surface area contributed by atoms with Crippen molar-refractivity contribution in [2.75, 3.05) is 5.75 Å². The van der Waals surface area contributed by atoms with Gasteiger partial charge in [0.2, 0.25) is 0 Å². The molecule has 1 heterocycles. The van der Waals surface area contributed by atoms with Gasteiger partial charge in [0.15, 0.2) is 4.34 Å². The van der Waals surface area contributed by atoms with Crippen LogP contribution in [0.5, 0.6) is 0 Å². The highest BCUT2D eigenvalue weighted by Crippen LogP contribution is 2.27. The number of thioether (sulfide) groups is 1. The van der Waals surface area contributed by atoms with Crippen molar-refractivity contribution in [3.8, 4) is 0 Å². The smallest absolute Gasteiger partial charge is 0.170 e. The summed E-state index contributed by atoms with van der Waals surface area (Å²) < 4.78 is 5.24. The molecule has 3 N–H and O–H groups in total. The van der Waals surface area contributed by atoms with E-state index < -0.39 is 0 Å². The summed E-state index contributed by atoms with van der Waals surface area (Å²) in [6.07, 6.45) is 1.77. The molecule has 4 nitrogen and oxygen atoms in total. The lowest BCUT2D eigenvalue weighted by Gasteiger charge is -2.21. The zero-order valence-electron chi connectivity index (χ0n) is 9.91. The van der Waals surface area contributed by atoms with E-state index in [0.29, 0.717) is 0 Å². The van der Waals surface area contributed by atoms with E-state index in [4.69, 9.17) is 11.1 Å². The Labute approximate surface area is 105 Å². The highest BCUT2D eigenvalue weighted by molar-refractivity contribution is 8.00. The van der Waals surface area contributed by atoms with Crippen molar-refractivity contribution in [2.45, 2.75) is 38.0 Å². The van der Waals surface area contributed by atoms with Crippen LogP contribution < -0.4 is 5.73 Å². The second kappa shape index (κ2) is 5.63. The van der Waals surface area contributed by atoms with Crippen molar-refractivity contribution >= 4 is 29.1 Å². The lowest BCUT2D eigenvalue weighted by Crippen LogP contribution is -2.31. The molecule has 0 unspecified atom stereocenters. The third kappa shape index (κ3) is 3.75. The van der Waals surface area contributed by atoms with Crippen molar-refractivity contribution in [2.24, 2.45) is 11.1 Å². The zero-order chi connectivity index (χ0) is 12.2. The number of nitrogens with two attached hydrogens (primary N) is 1. The predicted molar refractivity (Wildman–Crippen MR) is 70.3 cm³/mol. The molecule has 1 aromatic heterocycles. The number of aryl methyl sites for hydroxylation is 1. The Kier molecular flexibility index (Phi) is 4.73. The molecule has 0 saturated heterocycles. The fourth-order valence-electron chi connectivity index (χ4n) is 0.968. The van der Waals surface area contributed by atoms with E-state index in [1.807, 2.05) is 13.8 Å². The maximum absolute atomic E-state index is 7.46. The maximum atomic E-state index is 7.46. The van der Waals surface area contributed by atoms with Crippen LogP contribution in [0.25, 0.3) is 0 Å². The molecule has 6 heteroatoms. The van der Waals surface area contributed by atoms with Gasteiger partial charge in [-0.25, -0.2) is 4.98 Å². The summed E-state index contributed by atoms with van der Waals surface area (Å²) in [6.45, 7) is 6.04. The molecule has 0 amide bonds. The van der Waals surface area contributed by atoms with Crippen LogP contribution in [0.4, 0.5) is 0 Å². The first-order valence-electron chi connectivity index (χ1n) is 5.25. The third-order valence-corrected chi connectivity index (χ3v) is 4.32. The van der Waals surface area contributed by atoms with Crippen molar-refractivity contribution in [3.05, 3.63) is 5.82 Å². The van der Waals surface area contributed by atoms with E-state index in [9.17, 15) is 0 Å². The Morgan fingerprint density at radius 2 is 2.25 bits per heavy atom. The number of nitrogens with zero attached hydrogens (tertiary/aromatic N) is 2. The minimum Gasteiger partial charge on any atom is -0.387 e. The van der Waals surface area contributed by atoms with E-state index in [-0.39, 0.29) is 11.3 Å². The number of amidine groups is 1. The van der Waals surface area contributed by atoms with Gasteiger partial charge < -0.3 is 5.73 Å². The lowest BCUT2D eigenvalue weighted by atomic mass is 9.89. The summed E-state index contributed by atoms with van der Waals surface area (Å²) in [5.74, 6) is 2.09. The van der Waals surface area contributed by atoms with Crippen LogP contribution >= 0.6 is 23.3 Å². The fraction of sp³-hybridized carbons (Fsp3) is 0.700. The van der Waals surface area contributed by atoms with Crippen LogP contribution in [0, 0.1) is 10.8 Å². The standard InChI is InChI=1S/C10H18N4S2/c1-4-7-13-9(16-14-7)15-6-5-10(2,3)8(11)12/h4-6H2,1-3H3,(H3,11,12). The highest BCUT2D eigenvalue weighted by Gasteiger charge is 2.21. The Hall–Kier alpha value is -0.620. The summed E-state index contributed by atoms with van der Waals surface area (Å²) in [4.78, 5) is 4.38. The van der Waals surface area contributed by atoms with Crippen LogP contribution in [-0.2, 0) is 6.42 Å². The SMILES string of the molecule is CCc1nsc(SCCC(C)(C)C(=N)N)n1. The molecular formula is C10H18N4S2. The third-order valence-electron chi connectivity index (χ3n) is 2.45. The Morgan fingerprint density at radius 3 is 2.75 bits per heavy atom. The topological polar surface area (TPSA) is 75.7 Å². The average molecular weight is 258 g/mol. The monoisotopic (exact) mass is 258 g/mol. The van der Waals surface area contributed by atoms with Crippen LogP contribution in [0.3, 0.4) is 0 Å². The Morgan fingerprint density at radius 1 is 1.56 bits per heavy atom. The van der Waals surface area contributed by atoms with Gasteiger partial charge in [-0.1, -0.05) is 32.5 Å². The van der Waals surface area contributed by atoms with E-state index in [2.05, 4.69) is 16.3 Å². The van der Waals surface area contributed by atoms with Gasteiger partial charge in [-0.15, -0.1) is 0 Å². The van der Waals surface area contributed by atoms with Crippen molar-refractivity contribution in [1.29, 1.82) is 5.41 Å². The zero-order valence-corrected chi connectivity index (χ0v) is 11.5. The van der Waals surface area contributed by atoms with Crippen LogP contribution in [0.1, 0.15) is 33.0 Å². The Bertz CT molecular complexity index is 359. The Balaban J connectivity index is 2.38. The summed E-state index contributed by atoms with van der Waals surface area (Å²) in [7, 11) is 0. The molecule has 0 spiro atoms. The van der Waals surface area contributed by atoms with Gasteiger partial charge in [0.25, 0.3) is 0 Å². The van der Waals surface area contributed by atoms with Gasteiger partial charge in [-0.3, -0.25) is 5.41 Å². The van der Waals surface area contributed by atoms with E-state index in [0.717, 1.165) is 28.8 Å². The minimum atomic E-state index is -0.217. The molecule has 16 heavy (non-hydrogen) atoms. The van der Waals surface area contributed by atoms with E-state index in [1.54, 1.807) is 11.8 Å². The molecule has 0 bridgehead atoms. The predicted octanol–water partition coefficient (Wildman–Crippen LogP) is 2.54. The molecule has 0 saturated carbocycles. The van der Waals surface area contributed by atoms with Gasteiger partial charge >= 0.3 is 0 Å². The summed E-state index contributed by atoms with van der Waals surface area (Å²) in [5.41, 5.74) is 5.31. The largest absolute Gasteiger partial charge is 0.387 e. The number of rotatable bonds is 6. The van der Waals surface area contributed by atoms with Gasteiger partial charge in [0, 0.05) is 17.6 Å². The number of hydrogen-bond acceptors (Lipinski definition) is 5. The molecule has 0 aromatic carbocycles. The molecule has 90 valence electrons. The van der Waals surface area contributed by atoms with Crippen molar-refractivity contribution in [3.63, 3.8) is 0 Å². The quantitative estimate of drug-likeness (QED) is 0.467. The minimum absolute atomic E-state index is 0.217. The molecule has 0 radical (unpaired) electrons. The molecule has 0 aliphatic carbocycles. The fourth-order valence-corrected chi connectivity index (χ4v) is 3.00. The first kappa shape index (κ1) is 13.4. The highest BCUT2D eigenvalue weighted by atomic mass is 32.2. The maximum Gasteiger partial charge on any atom is 0.170 e. The second-order valence-corrected chi connectivity index (χ2v) is 6.32. The molecule has 1 aromatic rings. The van der Waals surface area contributed by atoms with Crippen molar-refractivity contribution in [1.82, 2.24) is 9.36 Å². The van der Waals surface area contributed by atoms with Crippen LogP contribution in [0.15, 0.2) is 4.34 Å². The molecule has 0 atom stereocenters. The molecule has 1 rings (SSSR count). The van der Waals surface area contributed by atoms with Crippen LogP contribution in [0.2, 0.25) is 0 Å². The first-order chi connectivity index (χ1) is 7.45. The molecule has 0 aliphatic heterocycles. The van der Waals surface area contributed by atoms with E-state index >= 15 is 0 Å². The molecular weight excluding hydrogens is 240 g/mol. The molecule has 0 aliphatic rings. The number of aromatic nitrogens is 2. The van der Waals surface area contributed by atoms with Gasteiger partial charge in [-0.05, 0) is 18.0 Å². The molecule has 0 fully saturated rings. The van der Waals surface area contributed by atoms with Crippen molar-refractivity contribution < 1.29 is 0 Å². The summed E-state index contributed by atoms with van der Waals surface area (Å²) >= 11 is 3.14. The number of hydrogen-bond donors (Lipinski definition) is 2. The van der Waals surface area contributed by atoms with Gasteiger partial charge in [0.1, 0.15) is 5.82 Å². The average Bonchev–Trinajstić information content (AvgIpc) is 2.65. The summed E-state index contributed by atoms with van der Waals surface area (Å²) in [6, 6.07) is 0. The van der Waals surface area contributed by atoms with E-state index in [1.165, 1.54) is 11.5 Å². The summed E-state index contributed by atoms with van der Waals surface area (Å²) in [5, 5.41) is 7.46. The number of nitrogens with one attached hydrogen (secondary N) is 1. The van der Waals surface area contributed by atoms with Gasteiger partial charge in [0.05, 0.1) is 5.84 Å². The first-order valence-corrected chi connectivity index (χ1v) is 7.01. The second-order valence-electron chi connectivity index (χ2n) is 4.23. The van der Waals surface area contributed by atoms with Crippen LogP contribution in [-0.4, -0.2) is 20.9 Å². The van der Waals surface area contributed by atoms with Gasteiger partial charge in [-0.2, -0.15) is 4.37 Å². The normalized spacial score (nSPS) is 11.7. The lowest BCUT2D eigenvalue weighted by molar-refractivity contribution is 0.500.